The largest absolute Gasteiger partial charge is 0.385 e. The third-order valence-electron chi connectivity index (χ3n) is 2.22. The van der Waals surface area contributed by atoms with Crippen LogP contribution >= 0.6 is 0 Å². The van der Waals surface area contributed by atoms with E-state index in [4.69, 9.17) is 14.2 Å². The normalized spacial score (nSPS) is 55.4. The molecule has 1 N–H and O–H groups in total. The van der Waals surface area contributed by atoms with Gasteiger partial charge in [-0.3, -0.25) is 0 Å². The van der Waals surface area contributed by atoms with Crippen LogP contribution in [0.2, 0.25) is 0 Å². The highest BCUT2D eigenvalue weighted by atomic mass is 16.7. The molecule has 2 rings (SSSR count). The molecule has 11 heavy (non-hydrogen) atoms. The zero-order valence-electron chi connectivity index (χ0n) is 6.56. The first-order chi connectivity index (χ1) is 5.24. The molecule has 4 heteroatoms. The van der Waals surface area contributed by atoms with Gasteiger partial charge in [-0.1, -0.05) is 0 Å². The molecule has 0 aromatic rings. The molecule has 0 aromatic carbocycles. The summed E-state index contributed by atoms with van der Waals surface area (Å²) in [5.74, 6) is 0. The molecule has 2 aliphatic heterocycles. The van der Waals surface area contributed by atoms with Crippen LogP contribution in [0, 0.1) is 0 Å². The lowest BCUT2D eigenvalue weighted by Gasteiger charge is -2.27. The molecule has 0 radical (unpaired) electrons. The number of methoxy groups -OCH3 is 1. The topological polar surface area (TPSA) is 51.2 Å². The van der Waals surface area contributed by atoms with Crippen LogP contribution in [-0.2, 0) is 14.2 Å². The van der Waals surface area contributed by atoms with Gasteiger partial charge in [-0.2, -0.15) is 0 Å². The second-order valence-electron chi connectivity index (χ2n) is 3.00. The van der Waals surface area contributed by atoms with Gasteiger partial charge in [0.15, 0.2) is 6.29 Å². The minimum absolute atomic E-state index is 0.0355. The number of aliphatic hydroxyl groups is 1. The number of hydrogen-bond donors (Lipinski definition) is 1. The first-order valence-electron chi connectivity index (χ1n) is 3.76. The van der Waals surface area contributed by atoms with Gasteiger partial charge in [-0.25, -0.2) is 0 Å². The van der Waals surface area contributed by atoms with E-state index in [9.17, 15) is 5.11 Å². The lowest BCUT2D eigenvalue weighted by atomic mass is 10.1. The molecule has 2 fully saturated rings. The minimum Gasteiger partial charge on any atom is -0.385 e. The van der Waals surface area contributed by atoms with Gasteiger partial charge in [0, 0.05) is 7.11 Å². The van der Waals surface area contributed by atoms with Crippen molar-refractivity contribution in [2.24, 2.45) is 0 Å². The average Bonchev–Trinajstić information content (AvgIpc) is 2.75. The lowest BCUT2D eigenvalue weighted by molar-refractivity contribution is -0.214. The van der Waals surface area contributed by atoms with Crippen molar-refractivity contribution in [3.05, 3.63) is 0 Å². The van der Waals surface area contributed by atoms with Gasteiger partial charge in [0.2, 0.25) is 0 Å². The Morgan fingerprint density at radius 2 is 2.00 bits per heavy atom. The molecule has 0 unspecified atom stereocenters. The molecular weight excluding hydrogens is 148 g/mol. The van der Waals surface area contributed by atoms with E-state index in [-0.39, 0.29) is 18.3 Å². The van der Waals surface area contributed by atoms with Crippen molar-refractivity contribution in [2.75, 3.05) is 7.11 Å². The molecular formula is C7H12O4. The Hall–Kier alpha value is -0.160. The molecule has 0 spiro atoms. The van der Waals surface area contributed by atoms with E-state index in [0.29, 0.717) is 0 Å². The van der Waals surface area contributed by atoms with Crippen molar-refractivity contribution in [2.45, 2.75) is 37.6 Å². The van der Waals surface area contributed by atoms with Crippen molar-refractivity contribution < 1.29 is 19.3 Å². The van der Waals surface area contributed by atoms with Crippen LogP contribution in [0.25, 0.3) is 0 Å². The zero-order valence-corrected chi connectivity index (χ0v) is 6.56. The molecule has 2 heterocycles. The Morgan fingerprint density at radius 3 is 2.64 bits per heavy atom. The summed E-state index contributed by atoms with van der Waals surface area (Å²) in [6.07, 6.45) is -1.09. The van der Waals surface area contributed by atoms with Crippen LogP contribution in [0.5, 0.6) is 0 Å². The van der Waals surface area contributed by atoms with Gasteiger partial charge in [0.25, 0.3) is 0 Å². The van der Waals surface area contributed by atoms with Crippen LogP contribution < -0.4 is 0 Å². The van der Waals surface area contributed by atoms with E-state index in [1.165, 1.54) is 7.11 Å². The van der Waals surface area contributed by atoms with Gasteiger partial charge in [0.05, 0.1) is 6.10 Å². The predicted octanol–water partition coefficient (Wildman–Crippen LogP) is -0.494. The molecule has 0 aliphatic carbocycles. The third kappa shape index (κ3) is 1.06. The Balaban J connectivity index is 2.02. The Labute approximate surface area is 65.1 Å². The van der Waals surface area contributed by atoms with Crippen molar-refractivity contribution in [1.82, 2.24) is 0 Å². The Bertz CT molecular complexity index is 161. The van der Waals surface area contributed by atoms with Crippen LogP contribution in [0.4, 0.5) is 0 Å². The number of ether oxygens (including phenoxy) is 3. The second-order valence-corrected chi connectivity index (χ2v) is 3.00. The van der Waals surface area contributed by atoms with Crippen molar-refractivity contribution in [3.63, 3.8) is 0 Å². The maximum Gasteiger partial charge on any atom is 0.186 e. The number of fused-ring (bicyclic) bond motifs is 1. The molecule has 5 atom stereocenters. The number of epoxide rings is 1. The molecule has 64 valence electrons. The van der Waals surface area contributed by atoms with E-state index in [2.05, 4.69) is 0 Å². The monoisotopic (exact) mass is 160 g/mol. The average molecular weight is 160 g/mol. The highest BCUT2D eigenvalue weighted by molar-refractivity contribution is 4.99. The van der Waals surface area contributed by atoms with E-state index in [1.54, 1.807) is 0 Å². The summed E-state index contributed by atoms with van der Waals surface area (Å²) in [6, 6.07) is 0. The van der Waals surface area contributed by atoms with Gasteiger partial charge in [-0.15, -0.1) is 0 Å². The maximum atomic E-state index is 9.42. The first-order valence-corrected chi connectivity index (χ1v) is 3.76. The van der Waals surface area contributed by atoms with Crippen molar-refractivity contribution in [1.29, 1.82) is 0 Å². The summed E-state index contributed by atoms with van der Waals surface area (Å²) in [7, 11) is 1.52. The Kier molecular flexibility index (Phi) is 1.64. The summed E-state index contributed by atoms with van der Waals surface area (Å²) in [5, 5.41) is 9.42. The smallest absolute Gasteiger partial charge is 0.186 e. The summed E-state index contributed by atoms with van der Waals surface area (Å²) in [5.41, 5.74) is 0. The third-order valence-corrected chi connectivity index (χ3v) is 2.22. The van der Waals surface area contributed by atoms with Crippen molar-refractivity contribution in [3.8, 4) is 0 Å². The maximum absolute atomic E-state index is 9.42. The summed E-state index contributed by atoms with van der Waals surface area (Å²) in [6.45, 7) is 1.92. The lowest BCUT2D eigenvalue weighted by Crippen LogP contribution is -2.44. The number of rotatable bonds is 1. The minimum atomic E-state index is -0.624. The Morgan fingerprint density at radius 1 is 1.27 bits per heavy atom. The quantitative estimate of drug-likeness (QED) is 0.526. The highest BCUT2D eigenvalue weighted by Crippen LogP contribution is 2.37. The van der Waals surface area contributed by atoms with Gasteiger partial charge >= 0.3 is 0 Å². The van der Waals surface area contributed by atoms with Crippen molar-refractivity contribution >= 4 is 0 Å². The molecule has 2 saturated heterocycles. The van der Waals surface area contributed by atoms with Crippen LogP contribution in [-0.4, -0.2) is 42.9 Å². The molecule has 4 nitrogen and oxygen atoms in total. The van der Waals surface area contributed by atoms with Crippen LogP contribution in [0.1, 0.15) is 6.92 Å². The standard InChI is InChI=1S/C7H12O4/c1-3-5-6(11-5)4(8)7(9-2)10-3/h3-8H,1-2H3/t3-,4+,5-,6+,7-/m0/s1. The molecule has 0 aromatic heterocycles. The van der Waals surface area contributed by atoms with Gasteiger partial charge in [-0.05, 0) is 6.92 Å². The van der Waals surface area contributed by atoms with Crippen LogP contribution in [0.3, 0.4) is 0 Å². The number of aliphatic hydroxyl groups excluding tert-OH is 1. The van der Waals surface area contributed by atoms with E-state index < -0.39 is 12.4 Å². The molecule has 0 bridgehead atoms. The fourth-order valence-corrected chi connectivity index (χ4v) is 1.51. The molecule has 0 saturated carbocycles. The second kappa shape index (κ2) is 2.42. The van der Waals surface area contributed by atoms with Gasteiger partial charge < -0.3 is 19.3 Å². The first kappa shape index (κ1) is 7.49. The highest BCUT2D eigenvalue weighted by Gasteiger charge is 2.55. The SMILES string of the molecule is CO[C@H]1O[C@@H](C)[C@@H]2O[C@@H]2[C@H]1O. The molecule has 0 amide bonds. The zero-order chi connectivity index (χ0) is 8.01. The summed E-state index contributed by atoms with van der Waals surface area (Å²) < 4.78 is 15.4. The van der Waals surface area contributed by atoms with E-state index in [0.717, 1.165) is 0 Å². The fourth-order valence-electron chi connectivity index (χ4n) is 1.51. The van der Waals surface area contributed by atoms with Crippen LogP contribution in [0.15, 0.2) is 0 Å². The summed E-state index contributed by atoms with van der Waals surface area (Å²) >= 11 is 0. The fraction of sp³-hybridized carbons (Fsp3) is 1.00. The predicted molar refractivity (Wildman–Crippen MR) is 36.0 cm³/mol. The van der Waals surface area contributed by atoms with E-state index in [1.807, 2.05) is 6.92 Å². The molecule has 2 aliphatic rings. The van der Waals surface area contributed by atoms with Gasteiger partial charge in [0.1, 0.15) is 18.3 Å². The van der Waals surface area contributed by atoms with E-state index >= 15 is 0 Å². The summed E-state index contributed by atoms with van der Waals surface area (Å²) in [4.78, 5) is 0. The number of hydrogen-bond acceptors (Lipinski definition) is 4.